The number of fused-ring (bicyclic) bond motifs is 1. The first-order valence-corrected chi connectivity index (χ1v) is 12.1. The number of para-hydroxylation sites is 1. The number of hydrogen-bond acceptors (Lipinski definition) is 9. The molecular weight excluding hydrogens is 520 g/mol. The highest BCUT2D eigenvalue weighted by Gasteiger charge is 2.47. The fourth-order valence-corrected chi connectivity index (χ4v) is 5.34. The topological polar surface area (TPSA) is 119 Å². The molecule has 5 rings (SSSR count). The number of halogens is 1. The Morgan fingerprint density at radius 2 is 1.89 bits per heavy atom. The van der Waals surface area contributed by atoms with Crippen molar-refractivity contribution in [1.82, 2.24) is 4.98 Å². The number of thiazole rings is 1. The van der Waals surface area contributed by atoms with Gasteiger partial charge < -0.3 is 19.0 Å². The molecule has 2 aromatic carbocycles. The van der Waals surface area contributed by atoms with Crippen molar-refractivity contribution in [3.05, 3.63) is 86.8 Å². The van der Waals surface area contributed by atoms with Crippen LogP contribution in [0.15, 0.2) is 64.3 Å². The zero-order chi connectivity index (χ0) is 26.4. The number of carbonyl (C=O) groups excluding carboxylic acids is 3. The van der Waals surface area contributed by atoms with Gasteiger partial charge in [-0.15, -0.1) is 0 Å². The number of nitrogens with zero attached hydrogens (tertiary/aromatic N) is 2. The summed E-state index contributed by atoms with van der Waals surface area (Å²) in [7, 11) is 2.72. The number of ether oxygens (including phenoxy) is 2. The summed E-state index contributed by atoms with van der Waals surface area (Å²) in [5, 5.41) is 12.2. The lowest BCUT2D eigenvalue weighted by atomic mass is 9.95. The van der Waals surface area contributed by atoms with Crippen molar-refractivity contribution in [2.45, 2.75) is 13.0 Å². The van der Waals surface area contributed by atoms with Crippen LogP contribution >= 0.6 is 22.9 Å². The van der Waals surface area contributed by atoms with Gasteiger partial charge in [-0.25, -0.2) is 9.78 Å². The lowest BCUT2D eigenvalue weighted by Crippen LogP contribution is -2.31. The molecule has 0 saturated carbocycles. The third-order valence-corrected chi connectivity index (χ3v) is 7.34. The summed E-state index contributed by atoms with van der Waals surface area (Å²) < 4.78 is 15.9. The van der Waals surface area contributed by atoms with Crippen LogP contribution in [0.1, 0.15) is 37.5 Å². The number of anilines is 1. The molecular formula is C26H19ClN2O7S. The van der Waals surface area contributed by atoms with Crippen molar-refractivity contribution in [2.75, 3.05) is 19.1 Å². The van der Waals surface area contributed by atoms with Crippen LogP contribution in [0, 0.1) is 6.92 Å². The number of carbonyl (C=O) groups is 3. The number of rotatable bonds is 6. The summed E-state index contributed by atoms with van der Waals surface area (Å²) in [4.78, 5) is 45.1. The van der Waals surface area contributed by atoms with Crippen molar-refractivity contribution >= 4 is 56.7 Å². The van der Waals surface area contributed by atoms with E-state index in [2.05, 4.69) is 4.98 Å². The molecule has 1 amide bonds. The second-order valence-electron chi connectivity index (χ2n) is 8.11. The van der Waals surface area contributed by atoms with Gasteiger partial charge in [-0.3, -0.25) is 14.5 Å². The number of aryl methyl sites for hydroxylation is 1. The third-order valence-electron chi connectivity index (χ3n) is 5.95. The van der Waals surface area contributed by atoms with Gasteiger partial charge in [0.25, 0.3) is 5.91 Å². The normalized spacial score (nSPS) is 15.5. The first-order valence-electron chi connectivity index (χ1n) is 10.9. The van der Waals surface area contributed by atoms with Crippen LogP contribution in [0.2, 0.25) is 5.02 Å². The van der Waals surface area contributed by atoms with Gasteiger partial charge >= 0.3 is 5.97 Å². The number of benzene rings is 2. The van der Waals surface area contributed by atoms with Gasteiger partial charge in [0.15, 0.2) is 28.0 Å². The molecule has 3 heterocycles. The highest BCUT2D eigenvalue weighted by molar-refractivity contribution is 7.17. The monoisotopic (exact) mass is 538 g/mol. The van der Waals surface area contributed by atoms with E-state index < -0.39 is 29.5 Å². The van der Waals surface area contributed by atoms with Crippen molar-refractivity contribution in [1.29, 1.82) is 0 Å². The maximum Gasteiger partial charge on any atom is 0.350 e. The molecule has 37 heavy (non-hydrogen) atoms. The molecule has 1 aliphatic heterocycles. The van der Waals surface area contributed by atoms with Gasteiger partial charge in [0.2, 0.25) is 5.78 Å². The Morgan fingerprint density at radius 1 is 1.16 bits per heavy atom. The van der Waals surface area contributed by atoms with E-state index in [0.29, 0.717) is 33.0 Å². The quantitative estimate of drug-likeness (QED) is 0.255. The Balaban J connectivity index is 1.65. The molecule has 1 aliphatic rings. The van der Waals surface area contributed by atoms with Crippen LogP contribution in [-0.2, 0) is 9.53 Å². The zero-order valence-electron chi connectivity index (χ0n) is 19.8. The zero-order valence-corrected chi connectivity index (χ0v) is 21.3. The maximum atomic E-state index is 13.8. The van der Waals surface area contributed by atoms with Crippen molar-refractivity contribution < 1.29 is 33.4 Å². The Bertz CT molecular complexity index is 1600. The van der Waals surface area contributed by atoms with Gasteiger partial charge in [-0.05, 0) is 36.8 Å². The first kappa shape index (κ1) is 24.5. The molecule has 0 bridgehead atoms. The largest absolute Gasteiger partial charge is 0.503 e. The molecule has 4 aromatic rings. The lowest BCUT2D eigenvalue weighted by Gasteiger charge is -2.24. The Labute approximate surface area is 219 Å². The minimum atomic E-state index is -1.07. The van der Waals surface area contributed by atoms with Gasteiger partial charge in [0.05, 0.1) is 31.5 Å². The highest BCUT2D eigenvalue weighted by atomic mass is 35.5. The number of hydrogen-bond donors (Lipinski definition) is 1. The molecule has 0 saturated heterocycles. The molecule has 1 N–H and O–H groups in total. The number of esters is 1. The Morgan fingerprint density at radius 3 is 2.57 bits per heavy atom. The van der Waals surface area contributed by atoms with E-state index >= 15 is 0 Å². The molecule has 1 atom stereocenters. The average Bonchev–Trinajstić information content (AvgIpc) is 3.57. The summed E-state index contributed by atoms with van der Waals surface area (Å²) in [6.07, 6.45) is 0. The molecule has 188 valence electrons. The van der Waals surface area contributed by atoms with Crippen LogP contribution in [-0.4, -0.2) is 42.0 Å². The van der Waals surface area contributed by atoms with Crippen LogP contribution in [0.3, 0.4) is 0 Å². The number of aliphatic hydroxyl groups excluding tert-OH is 1. The Hall–Kier alpha value is -4.15. The minimum Gasteiger partial charge on any atom is -0.503 e. The molecule has 9 nitrogen and oxygen atoms in total. The van der Waals surface area contributed by atoms with Gasteiger partial charge in [-0.2, -0.15) is 0 Å². The number of furan rings is 1. The summed E-state index contributed by atoms with van der Waals surface area (Å²) >= 11 is 6.99. The fraction of sp³-hybridized carbons (Fsp3) is 0.154. The molecule has 11 heteroatoms. The van der Waals surface area contributed by atoms with Gasteiger partial charge in [0.1, 0.15) is 4.88 Å². The van der Waals surface area contributed by atoms with E-state index in [0.717, 1.165) is 11.3 Å². The summed E-state index contributed by atoms with van der Waals surface area (Å²) in [6.45, 7) is 1.60. The number of amides is 1. The van der Waals surface area contributed by atoms with E-state index in [1.54, 1.807) is 49.4 Å². The van der Waals surface area contributed by atoms with Crippen molar-refractivity contribution in [3.8, 4) is 5.75 Å². The summed E-state index contributed by atoms with van der Waals surface area (Å²) in [5.41, 5.74) is 0.998. The average molecular weight is 539 g/mol. The predicted molar refractivity (Wildman–Crippen MR) is 137 cm³/mol. The minimum absolute atomic E-state index is 0.0831. The summed E-state index contributed by atoms with van der Waals surface area (Å²) in [5.74, 6) is -2.54. The second-order valence-corrected chi connectivity index (χ2v) is 9.53. The van der Waals surface area contributed by atoms with E-state index in [4.69, 9.17) is 25.5 Å². The van der Waals surface area contributed by atoms with E-state index in [1.807, 2.05) is 0 Å². The number of methoxy groups -OCH3 is 2. The van der Waals surface area contributed by atoms with Gasteiger partial charge in [-0.1, -0.05) is 47.2 Å². The third kappa shape index (κ3) is 4.04. The van der Waals surface area contributed by atoms with Crippen LogP contribution < -0.4 is 9.64 Å². The predicted octanol–water partition coefficient (Wildman–Crippen LogP) is 5.43. The van der Waals surface area contributed by atoms with Crippen LogP contribution in [0.5, 0.6) is 5.75 Å². The van der Waals surface area contributed by atoms with E-state index in [9.17, 15) is 19.5 Å². The first-order chi connectivity index (χ1) is 17.7. The van der Waals surface area contributed by atoms with E-state index in [-0.39, 0.29) is 21.3 Å². The Kier molecular flexibility index (Phi) is 6.22. The van der Waals surface area contributed by atoms with E-state index in [1.165, 1.54) is 25.2 Å². The SMILES string of the molecule is COC(=O)c1sc(N2C(=O)C(O)=C(C(=O)c3cc4cccc(OC)c4o3)C2c2ccc(Cl)cc2)nc1C. The molecule has 1 unspecified atom stereocenters. The highest BCUT2D eigenvalue weighted by Crippen LogP contribution is 2.44. The maximum absolute atomic E-state index is 13.8. The van der Waals surface area contributed by atoms with Crippen LogP contribution in [0.25, 0.3) is 11.0 Å². The van der Waals surface area contributed by atoms with Crippen molar-refractivity contribution in [3.63, 3.8) is 0 Å². The smallest absolute Gasteiger partial charge is 0.350 e. The summed E-state index contributed by atoms with van der Waals surface area (Å²) in [6, 6.07) is 12.2. The fourth-order valence-electron chi connectivity index (χ4n) is 4.20. The number of aromatic nitrogens is 1. The molecule has 0 aliphatic carbocycles. The number of ketones is 1. The second kappa shape index (κ2) is 9.38. The molecule has 0 spiro atoms. The standard InChI is InChI=1S/C26H19ClN2O7S/c1-12-23(25(33)35-3)37-26(28-12)29-19(13-7-9-15(27)10-8-13)18(21(31)24(29)32)20(30)17-11-14-5-4-6-16(34-2)22(14)36-17/h4-11,19,31H,1-3H3. The molecule has 0 radical (unpaired) electrons. The lowest BCUT2D eigenvalue weighted by molar-refractivity contribution is -0.117. The number of Topliss-reactive ketones (excluding diaryl/α,β-unsaturated/α-hetero) is 1. The van der Waals surface area contributed by atoms with Crippen LogP contribution in [0.4, 0.5) is 5.13 Å². The number of aliphatic hydroxyl groups is 1. The van der Waals surface area contributed by atoms with Gasteiger partial charge in [0, 0.05) is 10.4 Å². The molecule has 0 fully saturated rings. The molecule has 2 aromatic heterocycles. The van der Waals surface area contributed by atoms with Crippen molar-refractivity contribution in [2.24, 2.45) is 0 Å².